The molecule has 0 aliphatic carbocycles. The number of amides is 3. The minimum Gasteiger partial charge on any atom is -0.454 e. The second kappa shape index (κ2) is 13.4. The molecule has 0 bridgehead atoms. The molecule has 2 aromatic heterocycles. The first-order valence-electron chi connectivity index (χ1n) is 10.7. The van der Waals surface area contributed by atoms with Gasteiger partial charge in [0.1, 0.15) is 16.9 Å². The summed E-state index contributed by atoms with van der Waals surface area (Å²) >= 11 is 4.72. The Bertz CT molecular complexity index is 1410. The van der Waals surface area contributed by atoms with E-state index in [1.807, 2.05) is 6.07 Å². The van der Waals surface area contributed by atoms with Crippen molar-refractivity contribution in [1.29, 1.82) is 0 Å². The van der Waals surface area contributed by atoms with Gasteiger partial charge in [0.05, 0.1) is 18.9 Å². The molecule has 37 heavy (non-hydrogen) atoms. The van der Waals surface area contributed by atoms with Crippen molar-refractivity contribution < 1.29 is 37.5 Å². The number of nitrogens with two attached hydrogens (primary N) is 3. The highest BCUT2D eigenvalue weighted by molar-refractivity contribution is 6.61. The van der Waals surface area contributed by atoms with Gasteiger partial charge in [-0.3, -0.25) is 14.9 Å². The van der Waals surface area contributed by atoms with Gasteiger partial charge in [0.2, 0.25) is 11.5 Å². The average Bonchev–Trinajstić information content (AvgIpc) is 3.38. The van der Waals surface area contributed by atoms with E-state index in [4.69, 9.17) is 42.4 Å². The molecular weight excluding hydrogens is 508 g/mol. The highest BCUT2D eigenvalue weighted by atomic mass is 35.5. The van der Waals surface area contributed by atoms with E-state index in [1.54, 1.807) is 56.3 Å². The molecule has 2 aromatic carbocycles. The SMILES string of the molecule is CCOC(=O)Cl.CCOC(=O)Nc1c(C(N)=O)oc2ccccc12.NC(=O)c1oc2ccccc2c1N. The number of nitrogen functional groups attached to an aromatic ring is 1. The third-order valence-electron chi connectivity index (χ3n) is 4.44. The van der Waals surface area contributed by atoms with E-state index in [-0.39, 0.29) is 23.8 Å². The summed E-state index contributed by atoms with van der Waals surface area (Å²) in [7, 11) is 0. The van der Waals surface area contributed by atoms with Crippen molar-refractivity contribution in [3.8, 4) is 0 Å². The van der Waals surface area contributed by atoms with Gasteiger partial charge < -0.3 is 35.5 Å². The summed E-state index contributed by atoms with van der Waals surface area (Å²) in [6.07, 6.45) is -0.661. The fourth-order valence-corrected chi connectivity index (χ4v) is 3.08. The molecule has 196 valence electrons. The smallest absolute Gasteiger partial charge is 0.411 e. The van der Waals surface area contributed by atoms with Crippen LogP contribution in [0, 0.1) is 0 Å². The fraction of sp³-hybridized carbons (Fsp3) is 0.167. The number of fused-ring (bicyclic) bond motifs is 2. The van der Waals surface area contributed by atoms with Gasteiger partial charge in [0, 0.05) is 22.4 Å². The van der Waals surface area contributed by atoms with Crippen LogP contribution in [0.4, 0.5) is 21.0 Å². The number of halogens is 1. The predicted octanol–water partition coefficient (Wildman–Crippen LogP) is 4.60. The van der Waals surface area contributed by atoms with Crippen LogP contribution in [-0.4, -0.2) is 36.5 Å². The number of hydrogen-bond acceptors (Lipinski definition) is 9. The predicted molar refractivity (Wildman–Crippen MR) is 137 cm³/mol. The number of para-hydroxylation sites is 2. The van der Waals surface area contributed by atoms with E-state index >= 15 is 0 Å². The number of ether oxygens (including phenoxy) is 2. The summed E-state index contributed by atoms with van der Waals surface area (Å²) in [5, 5.41) is 3.78. The Morgan fingerprint density at radius 2 is 1.30 bits per heavy atom. The molecule has 12 nitrogen and oxygen atoms in total. The summed E-state index contributed by atoms with van der Waals surface area (Å²) in [6, 6.07) is 14.0. The number of furan rings is 2. The molecule has 0 radical (unpaired) electrons. The Morgan fingerprint density at radius 1 is 0.811 bits per heavy atom. The molecule has 0 aliphatic rings. The Balaban J connectivity index is 0.000000221. The van der Waals surface area contributed by atoms with Crippen LogP contribution in [0.3, 0.4) is 0 Å². The topological polar surface area (TPSA) is 203 Å². The highest BCUT2D eigenvalue weighted by Gasteiger charge is 2.20. The molecule has 4 aromatic rings. The number of carbonyl (C=O) groups is 4. The number of hydrogen-bond donors (Lipinski definition) is 4. The maximum atomic E-state index is 11.4. The third-order valence-corrected chi connectivity index (χ3v) is 4.55. The van der Waals surface area contributed by atoms with Crippen molar-refractivity contribution in [1.82, 2.24) is 0 Å². The number of benzene rings is 2. The van der Waals surface area contributed by atoms with Crippen molar-refractivity contribution in [2.75, 3.05) is 24.3 Å². The van der Waals surface area contributed by atoms with E-state index in [9.17, 15) is 19.2 Å². The Labute approximate surface area is 215 Å². The minimum atomic E-state index is -0.752. The molecule has 3 amide bonds. The van der Waals surface area contributed by atoms with Gasteiger partial charge in [-0.25, -0.2) is 9.59 Å². The lowest BCUT2D eigenvalue weighted by atomic mass is 10.2. The molecule has 0 saturated heterocycles. The van der Waals surface area contributed by atoms with Crippen molar-refractivity contribution in [3.05, 3.63) is 60.1 Å². The van der Waals surface area contributed by atoms with Crippen LogP contribution < -0.4 is 22.5 Å². The van der Waals surface area contributed by atoms with Gasteiger partial charge in [-0.1, -0.05) is 24.3 Å². The monoisotopic (exact) mass is 532 g/mol. The molecular formula is C24H25ClN4O8. The number of anilines is 2. The van der Waals surface area contributed by atoms with Gasteiger partial charge in [-0.2, -0.15) is 0 Å². The minimum absolute atomic E-state index is 0.0289. The summed E-state index contributed by atoms with van der Waals surface area (Å²) in [5.74, 6) is -1.46. The van der Waals surface area contributed by atoms with Crippen molar-refractivity contribution in [2.24, 2.45) is 11.5 Å². The largest absolute Gasteiger partial charge is 0.454 e. The van der Waals surface area contributed by atoms with Gasteiger partial charge in [0.25, 0.3) is 11.8 Å². The molecule has 0 atom stereocenters. The maximum Gasteiger partial charge on any atom is 0.411 e. The lowest BCUT2D eigenvalue weighted by Crippen LogP contribution is -2.17. The van der Waals surface area contributed by atoms with Gasteiger partial charge >= 0.3 is 11.5 Å². The van der Waals surface area contributed by atoms with Gasteiger partial charge in [-0.15, -0.1) is 0 Å². The average molecular weight is 533 g/mol. The summed E-state index contributed by atoms with van der Waals surface area (Å²) in [6.45, 7) is 3.96. The first-order chi connectivity index (χ1) is 17.6. The molecule has 0 aliphatic heterocycles. The van der Waals surface area contributed by atoms with E-state index in [0.29, 0.717) is 28.8 Å². The number of carbonyl (C=O) groups excluding carboxylic acids is 4. The van der Waals surface area contributed by atoms with Crippen LogP contribution in [0.2, 0.25) is 0 Å². The van der Waals surface area contributed by atoms with Gasteiger partial charge in [0.15, 0.2) is 0 Å². The third kappa shape index (κ3) is 7.64. The van der Waals surface area contributed by atoms with Crippen LogP contribution in [0.1, 0.15) is 35.0 Å². The van der Waals surface area contributed by atoms with E-state index < -0.39 is 23.3 Å². The summed E-state index contributed by atoms with van der Waals surface area (Å²) in [5.41, 5.74) is 16.8. The second-order valence-corrected chi connectivity index (χ2v) is 7.20. The Kier molecular flexibility index (Phi) is 10.3. The van der Waals surface area contributed by atoms with Gasteiger partial charge in [-0.05, 0) is 38.1 Å². The maximum absolute atomic E-state index is 11.4. The zero-order valence-corrected chi connectivity index (χ0v) is 20.7. The molecule has 0 fully saturated rings. The quantitative estimate of drug-likeness (QED) is 0.265. The Morgan fingerprint density at radius 3 is 1.76 bits per heavy atom. The number of primary amides is 2. The lowest BCUT2D eigenvalue weighted by Gasteiger charge is -2.04. The van der Waals surface area contributed by atoms with Crippen molar-refractivity contribution >= 4 is 68.3 Å². The molecule has 0 unspecified atom stereocenters. The molecule has 2 heterocycles. The van der Waals surface area contributed by atoms with E-state index in [0.717, 1.165) is 5.39 Å². The first kappa shape index (κ1) is 28.5. The van der Waals surface area contributed by atoms with Crippen LogP contribution >= 0.6 is 11.6 Å². The summed E-state index contributed by atoms with van der Waals surface area (Å²) in [4.78, 5) is 43.1. The first-order valence-corrected chi connectivity index (χ1v) is 11.1. The molecule has 13 heteroatoms. The molecule has 0 spiro atoms. The van der Waals surface area contributed by atoms with Crippen LogP contribution in [0.25, 0.3) is 21.9 Å². The normalized spacial score (nSPS) is 9.92. The van der Waals surface area contributed by atoms with Crippen LogP contribution in [-0.2, 0) is 9.47 Å². The van der Waals surface area contributed by atoms with Crippen molar-refractivity contribution in [3.63, 3.8) is 0 Å². The van der Waals surface area contributed by atoms with Crippen LogP contribution in [0.5, 0.6) is 0 Å². The molecule has 7 N–H and O–H groups in total. The standard InChI is InChI=1S/C12H12N2O4.C9H8N2O2.C3H5ClO2/c1-2-17-12(16)14-9-7-5-3-4-6-8(7)18-10(9)11(13)15;10-7-5-3-1-2-4-6(5)13-8(7)9(11)12;1-2-6-3(4)5/h3-6H,2H2,1H3,(H2,13,15)(H,14,16);1-4H,10H2,(H2,11,12);2H2,1H3. The number of nitrogens with one attached hydrogen (secondary N) is 1. The Hall–Kier alpha value is -4.71. The van der Waals surface area contributed by atoms with E-state index in [2.05, 4.69) is 10.1 Å². The van der Waals surface area contributed by atoms with Crippen molar-refractivity contribution in [2.45, 2.75) is 13.8 Å². The lowest BCUT2D eigenvalue weighted by molar-refractivity contribution is 0.0969. The number of rotatable bonds is 5. The fourth-order valence-electron chi connectivity index (χ4n) is 2.97. The van der Waals surface area contributed by atoms with Crippen LogP contribution in [0.15, 0.2) is 57.4 Å². The van der Waals surface area contributed by atoms with E-state index in [1.165, 1.54) is 0 Å². The molecule has 0 saturated carbocycles. The molecule has 4 rings (SSSR count). The zero-order valence-electron chi connectivity index (χ0n) is 19.9. The highest BCUT2D eigenvalue weighted by Crippen LogP contribution is 2.30. The zero-order chi connectivity index (χ0) is 27.5. The second-order valence-electron chi connectivity index (χ2n) is 6.89. The summed E-state index contributed by atoms with van der Waals surface area (Å²) < 4.78 is 19.4.